The van der Waals surface area contributed by atoms with E-state index in [0.29, 0.717) is 19.6 Å². The number of piperazine rings is 1. The summed E-state index contributed by atoms with van der Waals surface area (Å²) in [6.07, 6.45) is 5.89. The van der Waals surface area contributed by atoms with E-state index in [4.69, 9.17) is 0 Å². The molecule has 0 atom stereocenters. The minimum atomic E-state index is -0.00334. The highest BCUT2D eigenvalue weighted by Gasteiger charge is 2.22. The van der Waals surface area contributed by atoms with Crippen LogP contribution < -0.4 is 10.2 Å². The second kappa shape index (κ2) is 7.99. The van der Waals surface area contributed by atoms with Crippen molar-refractivity contribution in [1.82, 2.24) is 25.2 Å². The maximum absolute atomic E-state index is 12.3. The summed E-state index contributed by atoms with van der Waals surface area (Å²) in [4.78, 5) is 29.4. The summed E-state index contributed by atoms with van der Waals surface area (Å²) >= 11 is 1.67. The predicted octanol–water partition coefficient (Wildman–Crippen LogP) is 2.30. The SMILES string of the molecule is CC(C)(C)c1csc(CCNC(=O)N2CCN(c3cnccn3)CC2)n1. The normalized spacial score (nSPS) is 15.2. The van der Waals surface area contributed by atoms with E-state index in [1.54, 1.807) is 29.9 Å². The van der Waals surface area contributed by atoms with Crippen LogP contribution in [0.2, 0.25) is 0 Å². The molecule has 1 aliphatic heterocycles. The zero-order valence-corrected chi connectivity index (χ0v) is 16.4. The van der Waals surface area contributed by atoms with Crippen molar-refractivity contribution in [3.8, 4) is 0 Å². The van der Waals surface area contributed by atoms with E-state index in [2.05, 4.69) is 51.3 Å². The fraction of sp³-hybridized carbons (Fsp3) is 0.556. The summed E-state index contributed by atoms with van der Waals surface area (Å²) in [6, 6.07) is -0.00334. The smallest absolute Gasteiger partial charge is 0.317 e. The van der Waals surface area contributed by atoms with Gasteiger partial charge in [-0.1, -0.05) is 20.8 Å². The number of thiazole rings is 1. The molecule has 3 heterocycles. The van der Waals surface area contributed by atoms with Crippen molar-refractivity contribution >= 4 is 23.2 Å². The molecule has 140 valence electrons. The first kappa shape index (κ1) is 18.6. The molecular weight excluding hydrogens is 348 g/mol. The lowest BCUT2D eigenvalue weighted by Crippen LogP contribution is -2.52. The zero-order chi connectivity index (χ0) is 18.6. The fourth-order valence-corrected chi connectivity index (χ4v) is 3.78. The topological polar surface area (TPSA) is 74.2 Å². The van der Waals surface area contributed by atoms with E-state index in [1.165, 1.54) is 0 Å². The molecule has 0 radical (unpaired) electrons. The number of aromatic nitrogens is 3. The molecule has 0 saturated carbocycles. The summed E-state index contributed by atoms with van der Waals surface area (Å²) < 4.78 is 0. The standard InChI is InChI=1S/C18H26N6OS/c1-18(2,3)14-13-26-16(22-14)4-5-21-17(25)24-10-8-23(9-11-24)15-12-19-6-7-20-15/h6-7,12-13H,4-5,8-11H2,1-3H3,(H,21,25). The largest absolute Gasteiger partial charge is 0.352 e. The Morgan fingerprint density at radius 1 is 1.23 bits per heavy atom. The van der Waals surface area contributed by atoms with E-state index in [1.807, 2.05) is 4.90 Å². The van der Waals surface area contributed by atoms with Gasteiger partial charge in [0, 0.05) is 62.3 Å². The Balaban J connectivity index is 1.41. The molecule has 0 bridgehead atoms. The van der Waals surface area contributed by atoms with Crippen LogP contribution in [0.1, 0.15) is 31.5 Å². The zero-order valence-electron chi connectivity index (χ0n) is 15.6. The Bertz CT molecular complexity index is 719. The second-order valence-electron chi connectivity index (χ2n) is 7.40. The van der Waals surface area contributed by atoms with Crippen LogP contribution in [0.4, 0.5) is 10.6 Å². The Hall–Kier alpha value is -2.22. The Morgan fingerprint density at radius 3 is 2.62 bits per heavy atom. The summed E-state index contributed by atoms with van der Waals surface area (Å²) in [5.74, 6) is 0.867. The maximum Gasteiger partial charge on any atom is 0.317 e. The van der Waals surface area contributed by atoms with Gasteiger partial charge in [0.2, 0.25) is 0 Å². The monoisotopic (exact) mass is 374 g/mol. The van der Waals surface area contributed by atoms with Crippen molar-refractivity contribution in [2.45, 2.75) is 32.6 Å². The molecule has 2 aromatic rings. The average Bonchev–Trinajstić information content (AvgIpc) is 3.12. The number of nitrogens with one attached hydrogen (secondary N) is 1. The lowest BCUT2D eigenvalue weighted by molar-refractivity contribution is 0.194. The lowest BCUT2D eigenvalue weighted by atomic mass is 9.93. The fourth-order valence-electron chi connectivity index (χ4n) is 2.75. The van der Waals surface area contributed by atoms with Gasteiger partial charge in [0.25, 0.3) is 0 Å². The van der Waals surface area contributed by atoms with Crippen molar-refractivity contribution in [1.29, 1.82) is 0 Å². The molecule has 0 unspecified atom stereocenters. The van der Waals surface area contributed by atoms with Gasteiger partial charge < -0.3 is 15.1 Å². The molecule has 0 aromatic carbocycles. The highest BCUT2D eigenvalue weighted by Crippen LogP contribution is 2.23. The highest BCUT2D eigenvalue weighted by atomic mass is 32.1. The van der Waals surface area contributed by atoms with Crippen LogP contribution >= 0.6 is 11.3 Å². The first-order valence-corrected chi connectivity index (χ1v) is 9.80. The van der Waals surface area contributed by atoms with Crippen molar-refractivity contribution in [3.63, 3.8) is 0 Å². The number of carbonyl (C=O) groups excluding carboxylic acids is 1. The first-order chi connectivity index (χ1) is 12.4. The third-order valence-electron chi connectivity index (χ3n) is 4.38. The molecule has 26 heavy (non-hydrogen) atoms. The molecule has 8 heteroatoms. The Labute approximate surface area is 158 Å². The van der Waals surface area contributed by atoms with Crippen molar-refractivity contribution in [2.75, 3.05) is 37.6 Å². The van der Waals surface area contributed by atoms with Crippen molar-refractivity contribution in [2.24, 2.45) is 0 Å². The molecule has 2 aromatic heterocycles. The minimum Gasteiger partial charge on any atom is -0.352 e. The number of carbonyl (C=O) groups is 1. The molecule has 3 rings (SSSR count). The van der Waals surface area contributed by atoms with Crippen LogP contribution in [0, 0.1) is 0 Å². The van der Waals surface area contributed by atoms with E-state index in [0.717, 1.165) is 36.0 Å². The van der Waals surface area contributed by atoms with Gasteiger partial charge in [-0.25, -0.2) is 14.8 Å². The number of hydrogen-bond donors (Lipinski definition) is 1. The minimum absolute atomic E-state index is 0.00334. The maximum atomic E-state index is 12.3. The number of urea groups is 1. The van der Waals surface area contributed by atoms with Gasteiger partial charge in [-0.05, 0) is 0 Å². The Kier molecular flexibility index (Phi) is 5.70. The van der Waals surface area contributed by atoms with Crippen molar-refractivity contribution < 1.29 is 4.79 Å². The van der Waals surface area contributed by atoms with Gasteiger partial charge in [-0.3, -0.25) is 4.98 Å². The van der Waals surface area contributed by atoms with Crippen LogP contribution in [0.3, 0.4) is 0 Å². The van der Waals surface area contributed by atoms with Crippen LogP contribution in [0.25, 0.3) is 0 Å². The number of anilines is 1. The molecule has 0 spiro atoms. The quantitative estimate of drug-likeness (QED) is 0.889. The van der Waals surface area contributed by atoms with Crippen LogP contribution in [0.15, 0.2) is 24.0 Å². The third kappa shape index (κ3) is 4.69. The van der Waals surface area contributed by atoms with Crippen LogP contribution in [0.5, 0.6) is 0 Å². The van der Waals surface area contributed by atoms with Gasteiger partial charge in [-0.2, -0.15) is 0 Å². The molecule has 2 amide bonds. The Morgan fingerprint density at radius 2 is 2.00 bits per heavy atom. The van der Waals surface area contributed by atoms with E-state index in [-0.39, 0.29) is 11.4 Å². The molecular formula is C18H26N6OS. The second-order valence-corrected chi connectivity index (χ2v) is 8.34. The summed E-state index contributed by atoms with van der Waals surface area (Å²) in [6.45, 7) is 10.0. The van der Waals surface area contributed by atoms with Crippen molar-refractivity contribution in [3.05, 3.63) is 34.7 Å². The number of amides is 2. The number of rotatable bonds is 4. The van der Waals surface area contributed by atoms with Crippen LogP contribution in [-0.2, 0) is 11.8 Å². The number of nitrogens with zero attached hydrogens (tertiary/aromatic N) is 5. The van der Waals surface area contributed by atoms with Gasteiger partial charge in [0.1, 0.15) is 5.82 Å². The van der Waals surface area contributed by atoms with E-state index in [9.17, 15) is 4.79 Å². The van der Waals surface area contributed by atoms with Gasteiger partial charge >= 0.3 is 6.03 Å². The van der Waals surface area contributed by atoms with Crippen LogP contribution in [-0.4, -0.2) is 58.6 Å². The van der Waals surface area contributed by atoms with E-state index < -0.39 is 0 Å². The molecule has 1 saturated heterocycles. The van der Waals surface area contributed by atoms with Gasteiger partial charge in [0.05, 0.1) is 16.9 Å². The lowest BCUT2D eigenvalue weighted by Gasteiger charge is -2.35. The highest BCUT2D eigenvalue weighted by molar-refractivity contribution is 7.09. The summed E-state index contributed by atoms with van der Waals surface area (Å²) in [5.41, 5.74) is 1.19. The molecule has 7 nitrogen and oxygen atoms in total. The third-order valence-corrected chi connectivity index (χ3v) is 5.28. The summed E-state index contributed by atoms with van der Waals surface area (Å²) in [7, 11) is 0. The summed E-state index contributed by atoms with van der Waals surface area (Å²) in [5, 5.41) is 6.20. The molecule has 1 N–H and O–H groups in total. The number of hydrogen-bond acceptors (Lipinski definition) is 6. The average molecular weight is 375 g/mol. The first-order valence-electron chi connectivity index (χ1n) is 8.92. The van der Waals surface area contributed by atoms with Gasteiger partial charge in [0.15, 0.2) is 0 Å². The molecule has 1 aliphatic rings. The van der Waals surface area contributed by atoms with Gasteiger partial charge in [-0.15, -0.1) is 11.3 Å². The predicted molar refractivity (Wildman–Crippen MR) is 104 cm³/mol. The molecule has 0 aliphatic carbocycles. The van der Waals surface area contributed by atoms with E-state index >= 15 is 0 Å². The molecule has 1 fully saturated rings.